The van der Waals surface area contributed by atoms with Gasteiger partial charge in [0.2, 0.25) is 0 Å². The summed E-state index contributed by atoms with van der Waals surface area (Å²) in [5.74, 6) is 1.34. The van der Waals surface area contributed by atoms with Gasteiger partial charge in [-0.15, -0.1) is 0 Å². The highest BCUT2D eigenvalue weighted by Crippen LogP contribution is 2.33. The van der Waals surface area contributed by atoms with E-state index in [0.717, 1.165) is 39.2 Å². The van der Waals surface area contributed by atoms with E-state index in [1.165, 1.54) is 0 Å². The predicted molar refractivity (Wildman–Crippen MR) is 132 cm³/mol. The Morgan fingerprint density at radius 2 is 1.79 bits per heavy atom. The van der Waals surface area contributed by atoms with Crippen molar-refractivity contribution < 1.29 is 9.84 Å². The minimum Gasteiger partial charge on any atom is -0.493 e. The molecular formula is C27H25N5O2. The van der Waals surface area contributed by atoms with Gasteiger partial charge >= 0.3 is 0 Å². The average Bonchev–Trinajstić information content (AvgIpc) is 3.33. The van der Waals surface area contributed by atoms with Crippen LogP contribution < -0.4 is 10.5 Å². The lowest BCUT2D eigenvalue weighted by Gasteiger charge is -2.14. The van der Waals surface area contributed by atoms with Gasteiger partial charge in [0.25, 0.3) is 0 Å². The molecule has 0 saturated heterocycles. The molecule has 3 heterocycles. The first kappa shape index (κ1) is 21.8. The van der Waals surface area contributed by atoms with Crippen molar-refractivity contribution in [2.24, 2.45) is 5.73 Å². The second-order valence-electron chi connectivity index (χ2n) is 7.88. The zero-order valence-electron chi connectivity index (χ0n) is 18.8. The molecule has 0 spiro atoms. The molecule has 7 nitrogen and oxygen atoms in total. The van der Waals surface area contributed by atoms with Gasteiger partial charge in [0.1, 0.15) is 5.75 Å². The molecule has 5 aromatic rings. The number of hydrogen-bond acceptors (Lipinski definition) is 6. The lowest BCUT2D eigenvalue weighted by molar-refractivity contribution is 0.276. The number of benzene rings is 2. The van der Waals surface area contributed by atoms with Crippen LogP contribution in [0.2, 0.25) is 0 Å². The van der Waals surface area contributed by atoms with Crippen molar-refractivity contribution in [2.75, 3.05) is 6.61 Å². The number of hydrogen-bond donors (Lipinski definition) is 2. The molecule has 0 aliphatic heterocycles. The fraction of sp³-hybridized carbons (Fsp3) is 0.148. The van der Waals surface area contributed by atoms with Gasteiger partial charge in [-0.2, -0.15) is 5.10 Å². The first-order chi connectivity index (χ1) is 16.7. The van der Waals surface area contributed by atoms with Crippen LogP contribution in [0.25, 0.3) is 28.0 Å². The summed E-state index contributed by atoms with van der Waals surface area (Å²) >= 11 is 0. The van der Waals surface area contributed by atoms with Crippen LogP contribution in [-0.2, 0) is 6.61 Å². The minimum absolute atomic E-state index is 0.138. The smallest absolute Gasteiger partial charge is 0.154 e. The molecule has 7 heteroatoms. The second kappa shape index (κ2) is 9.43. The van der Waals surface area contributed by atoms with Gasteiger partial charge in [-0.3, -0.25) is 4.98 Å². The molecule has 0 amide bonds. The van der Waals surface area contributed by atoms with Crippen LogP contribution in [0.4, 0.5) is 0 Å². The molecule has 5 rings (SSSR count). The Balaban J connectivity index is 1.63. The third-order valence-corrected chi connectivity index (χ3v) is 5.67. The number of ether oxygens (including phenoxy) is 1. The molecule has 2 aromatic carbocycles. The van der Waals surface area contributed by atoms with Crippen LogP contribution in [0.5, 0.6) is 5.75 Å². The Labute approximate surface area is 197 Å². The number of aliphatic hydroxyl groups is 1. The predicted octanol–water partition coefficient (Wildman–Crippen LogP) is 4.42. The van der Waals surface area contributed by atoms with E-state index >= 15 is 0 Å². The number of aliphatic hydroxyl groups excluding tert-OH is 1. The van der Waals surface area contributed by atoms with Crippen LogP contribution in [0.3, 0.4) is 0 Å². The van der Waals surface area contributed by atoms with Crippen molar-refractivity contribution in [3.05, 3.63) is 102 Å². The van der Waals surface area contributed by atoms with E-state index in [9.17, 15) is 5.11 Å². The van der Waals surface area contributed by atoms with E-state index in [0.29, 0.717) is 18.1 Å². The van der Waals surface area contributed by atoms with Crippen LogP contribution in [0.15, 0.2) is 85.1 Å². The van der Waals surface area contributed by atoms with E-state index < -0.39 is 0 Å². The average molecular weight is 452 g/mol. The maximum Gasteiger partial charge on any atom is 0.154 e. The van der Waals surface area contributed by atoms with Crippen molar-refractivity contribution in [1.29, 1.82) is 0 Å². The highest BCUT2D eigenvalue weighted by atomic mass is 16.5. The van der Waals surface area contributed by atoms with E-state index in [4.69, 9.17) is 15.5 Å². The molecular weight excluding hydrogens is 426 g/mol. The summed E-state index contributed by atoms with van der Waals surface area (Å²) in [5.41, 5.74) is 11.4. The van der Waals surface area contributed by atoms with Gasteiger partial charge in [-0.1, -0.05) is 42.5 Å². The second-order valence-corrected chi connectivity index (χ2v) is 7.88. The largest absolute Gasteiger partial charge is 0.493 e. The fourth-order valence-electron chi connectivity index (χ4n) is 3.99. The normalized spacial score (nSPS) is 12.1. The highest BCUT2D eigenvalue weighted by molar-refractivity contribution is 5.90. The van der Waals surface area contributed by atoms with Crippen molar-refractivity contribution >= 4 is 10.9 Å². The van der Waals surface area contributed by atoms with Crippen LogP contribution in [-0.4, -0.2) is 31.5 Å². The van der Waals surface area contributed by atoms with Gasteiger partial charge in [0.15, 0.2) is 5.82 Å². The number of fused-ring (bicyclic) bond motifs is 1. The zero-order valence-corrected chi connectivity index (χ0v) is 18.8. The van der Waals surface area contributed by atoms with E-state index in [-0.39, 0.29) is 12.6 Å². The number of rotatable bonds is 7. The Morgan fingerprint density at radius 1 is 0.971 bits per heavy atom. The number of nitrogens with two attached hydrogens (primary N) is 1. The van der Waals surface area contributed by atoms with Gasteiger partial charge < -0.3 is 15.6 Å². The number of pyridine rings is 2. The molecule has 34 heavy (non-hydrogen) atoms. The van der Waals surface area contributed by atoms with Gasteiger partial charge in [0, 0.05) is 5.56 Å². The summed E-state index contributed by atoms with van der Waals surface area (Å²) < 4.78 is 7.71. The molecule has 3 N–H and O–H groups in total. The molecule has 3 aromatic heterocycles. The standard InChI is InChI=1S/C27H25N5O2/c1-2-34-25-15-19(22-11-7-12-23(31-22)27(28)18-8-4-3-5-9-18)14-24-21(25)16-29-32(24)26-13-6-10-20(17-33)30-26/h3-16,27,33H,2,17,28H2,1H3/t27-/m1/s1. The van der Waals surface area contributed by atoms with Crippen molar-refractivity contribution in [1.82, 2.24) is 19.7 Å². The van der Waals surface area contributed by atoms with Crippen molar-refractivity contribution in [3.63, 3.8) is 0 Å². The Kier molecular flexibility index (Phi) is 6.03. The number of aromatic nitrogens is 4. The summed E-state index contributed by atoms with van der Waals surface area (Å²) in [4.78, 5) is 9.39. The van der Waals surface area contributed by atoms with Gasteiger partial charge in [-0.05, 0) is 48.9 Å². The zero-order chi connectivity index (χ0) is 23.5. The molecule has 0 aliphatic carbocycles. The lowest BCUT2D eigenvalue weighted by Crippen LogP contribution is -2.13. The van der Waals surface area contributed by atoms with E-state index in [1.54, 1.807) is 16.9 Å². The maximum atomic E-state index is 9.50. The Morgan fingerprint density at radius 3 is 2.59 bits per heavy atom. The van der Waals surface area contributed by atoms with E-state index in [2.05, 4.69) is 10.1 Å². The molecule has 0 fully saturated rings. The lowest BCUT2D eigenvalue weighted by atomic mass is 10.0. The topological polar surface area (TPSA) is 99.1 Å². The summed E-state index contributed by atoms with van der Waals surface area (Å²) in [6.07, 6.45) is 1.77. The first-order valence-electron chi connectivity index (χ1n) is 11.2. The molecule has 0 aliphatic rings. The van der Waals surface area contributed by atoms with Crippen molar-refractivity contribution in [3.8, 4) is 22.8 Å². The van der Waals surface area contributed by atoms with Crippen LogP contribution >= 0.6 is 0 Å². The quantitative estimate of drug-likeness (QED) is 0.380. The monoisotopic (exact) mass is 451 g/mol. The van der Waals surface area contributed by atoms with Gasteiger partial charge in [-0.25, -0.2) is 9.67 Å². The summed E-state index contributed by atoms with van der Waals surface area (Å²) in [6.45, 7) is 2.34. The highest BCUT2D eigenvalue weighted by Gasteiger charge is 2.16. The SMILES string of the molecule is CCOc1cc(-c2cccc([C@H](N)c3ccccc3)n2)cc2c1cnn2-c1cccc(CO)n1. The molecule has 0 radical (unpaired) electrons. The molecule has 0 saturated carbocycles. The van der Waals surface area contributed by atoms with Crippen LogP contribution in [0.1, 0.15) is 29.9 Å². The molecule has 0 unspecified atom stereocenters. The molecule has 170 valence electrons. The fourth-order valence-corrected chi connectivity index (χ4v) is 3.99. The summed E-state index contributed by atoms with van der Waals surface area (Å²) in [6, 6.07) is 25.0. The molecule has 1 atom stereocenters. The molecule has 0 bridgehead atoms. The van der Waals surface area contributed by atoms with Crippen molar-refractivity contribution in [2.45, 2.75) is 19.6 Å². The third-order valence-electron chi connectivity index (χ3n) is 5.67. The first-order valence-corrected chi connectivity index (χ1v) is 11.2. The van der Waals surface area contributed by atoms with E-state index in [1.807, 2.05) is 79.7 Å². The minimum atomic E-state index is -0.327. The summed E-state index contributed by atoms with van der Waals surface area (Å²) in [5, 5.41) is 14.9. The maximum absolute atomic E-state index is 9.50. The Bertz CT molecular complexity index is 1430. The van der Waals surface area contributed by atoms with Crippen LogP contribution in [0, 0.1) is 0 Å². The number of nitrogens with zero attached hydrogens (tertiary/aromatic N) is 4. The summed E-state index contributed by atoms with van der Waals surface area (Å²) in [7, 11) is 0. The Hall–Kier alpha value is -4.07. The van der Waals surface area contributed by atoms with Gasteiger partial charge in [0.05, 0.1) is 53.4 Å². The third kappa shape index (κ3) is 4.14.